The molecule has 2 heterocycles. The molecule has 0 radical (unpaired) electrons. The maximum absolute atomic E-state index is 13.1. The van der Waals surface area contributed by atoms with Gasteiger partial charge in [0.15, 0.2) is 5.78 Å². The quantitative estimate of drug-likeness (QED) is 0.499. The average Bonchev–Trinajstić information content (AvgIpc) is 2.84. The predicted molar refractivity (Wildman–Crippen MR) is 128 cm³/mol. The number of carbonyl (C=O) groups is 2. The Morgan fingerprint density at radius 3 is 2.42 bits per heavy atom. The van der Waals surface area contributed by atoms with E-state index in [9.17, 15) is 14.7 Å². The molecular formula is C26H32N4O3. The Morgan fingerprint density at radius 2 is 1.76 bits per heavy atom. The van der Waals surface area contributed by atoms with Crippen LogP contribution in [-0.4, -0.2) is 59.2 Å². The minimum atomic E-state index is -0.891. The Morgan fingerprint density at radius 1 is 1.06 bits per heavy atom. The standard InChI is InChI=1S/C26H32N4O3/c1-2-26(27)23-11-10-22(16-21(23)12-15-29(26)18-24(31)32)25(33)20-8-6-19(7-9-20)17-28-30-13-4-3-5-14-30/h6-11,16-17H,2-5,12-15,18,27H2,1H3,(H,31,32). The lowest BCUT2D eigenvalue weighted by molar-refractivity contribution is -0.140. The van der Waals surface area contributed by atoms with Gasteiger partial charge in [0.1, 0.15) is 0 Å². The van der Waals surface area contributed by atoms with Gasteiger partial charge in [0, 0.05) is 30.8 Å². The summed E-state index contributed by atoms with van der Waals surface area (Å²) in [5.74, 6) is -0.928. The summed E-state index contributed by atoms with van der Waals surface area (Å²) >= 11 is 0. The van der Waals surface area contributed by atoms with Crippen LogP contribution >= 0.6 is 0 Å². The Balaban J connectivity index is 1.50. The van der Waals surface area contributed by atoms with Crippen LogP contribution < -0.4 is 5.73 Å². The van der Waals surface area contributed by atoms with Crippen LogP contribution in [0.4, 0.5) is 0 Å². The minimum absolute atomic E-state index is 0.0376. The van der Waals surface area contributed by atoms with Crippen molar-refractivity contribution in [3.8, 4) is 0 Å². The average molecular weight is 449 g/mol. The number of carboxylic acids is 1. The number of nitrogens with zero attached hydrogens (tertiary/aromatic N) is 3. The molecule has 1 atom stereocenters. The normalized spacial score (nSPS) is 21.2. The van der Waals surface area contributed by atoms with Crippen LogP contribution in [0.25, 0.3) is 0 Å². The first kappa shape index (κ1) is 23.1. The second kappa shape index (κ2) is 9.85. The molecule has 1 saturated heterocycles. The van der Waals surface area contributed by atoms with Gasteiger partial charge >= 0.3 is 5.97 Å². The fourth-order valence-corrected chi connectivity index (χ4v) is 4.82. The first-order valence-electron chi connectivity index (χ1n) is 11.7. The van der Waals surface area contributed by atoms with E-state index in [1.807, 2.05) is 54.4 Å². The van der Waals surface area contributed by atoms with Gasteiger partial charge in [-0.3, -0.25) is 19.5 Å². The fraction of sp³-hybridized carbons (Fsp3) is 0.423. The van der Waals surface area contributed by atoms with Crippen LogP contribution in [-0.2, 0) is 16.9 Å². The number of nitrogens with two attached hydrogens (primary N) is 1. The zero-order chi connectivity index (χ0) is 23.4. The molecule has 1 unspecified atom stereocenters. The van der Waals surface area contributed by atoms with E-state index in [1.165, 1.54) is 19.3 Å². The van der Waals surface area contributed by atoms with Crippen molar-refractivity contribution < 1.29 is 14.7 Å². The van der Waals surface area contributed by atoms with Gasteiger partial charge in [-0.2, -0.15) is 5.10 Å². The lowest BCUT2D eigenvalue weighted by Gasteiger charge is -2.44. The topological polar surface area (TPSA) is 99.2 Å². The van der Waals surface area contributed by atoms with E-state index in [0.29, 0.717) is 30.5 Å². The number of ketones is 1. The van der Waals surface area contributed by atoms with Crippen LogP contribution in [0.1, 0.15) is 65.2 Å². The van der Waals surface area contributed by atoms with Crippen molar-refractivity contribution in [1.82, 2.24) is 9.91 Å². The van der Waals surface area contributed by atoms with Gasteiger partial charge in [-0.1, -0.05) is 43.3 Å². The van der Waals surface area contributed by atoms with E-state index in [-0.39, 0.29) is 12.3 Å². The van der Waals surface area contributed by atoms with Crippen LogP contribution in [0.2, 0.25) is 0 Å². The molecule has 2 aliphatic rings. The number of fused-ring (bicyclic) bond motifs is 1. The molecule has 7 nitrogen and oxygen atoms in total. The van der Waals surface area contributed by atoms with Gasteiger partial charge in [0.05, 0.1) is 18.4 Å². The number of carboxylic acid groups (broad SMARTS) is 1. The smallest absolute Gasteiger partial charge is 0.317 e. The molecule has 0 aromatic heterocycles. The number of carbonyl (C=O) groups excluding carboxylic acids is 1. The third-order valence-electron chi connectivity index (χ3n) is 6.79. The van der Waals surface area contributed by atoms with Crippen molar-refractivity contribution in [3.63, 3.8) is 0 Å². The minimum Gasteiger partial charge on any atom is -0.480 e. The molecule has 0 spiro atoms. The Hall–Kier alpha value is -3.03. The molecule has 0 saturated carbocycles. The molecule has 0 amide bonds. The molecule has 2 aliphatic heterocycles. The molecule has 2 aromatic rings. The molecule has 0 aliphatic carbocycles. The van der Waals surface area contributed by atoms with E-state index >= 15 is 0 Å². The summed E-state index contributed by atoms with van der Waals surface area (Å²) in [5, 5.41) is 15.9. The first-order chi connectivity index (χ1) is 15.9. The number of hydrogen-bond acceptors (Lipinski definition) is 6. The Bertz CT molecular complexity index is 1040. The van der Waals surface area contributed by atoms with Crippen LogP contribution in [0.5, 0.6) is 0 Å². The first-order valence-corrected chi connectivity index (χ1v) is 11.7. The largest absolute Gasteiger partial charge is 0.480 e. The van der Waals surface area contributed by atoms with Crippen molar-refractivity contribution in [2.75, 3.05) is 26.2 Å². The van der Waals surface area contributed by atoms with Gasteiger partial charge in [-0.25, -0.2) is 0 Å². The predicted octanol–water partition coefficient (Wildman–Crippen LogP) is 3.20. The number of aliphatic carboxylic acids is 1. The molecule has 0 bridgehead atoms. The zero-order valence-electron chi connectivity index (χ0n) is 19.2. The molecule has 2 aromatic carbocycles. The molecule has 3 N–H and O–H groups in total. The van der Waals surface area contributed by atoms with Crippen LogP contribution in [0.15, 0.2) is 47.6 Å². The van der Waals surface area contributed by atoms with E-state index in [2.05, 4.69) is 10.1 Å². The van der Waals surface area contributed by atoms with Gasteiger partial charge < -0.3 is 10.8 Å². The highest BCUT2D eigenvalue weighted by Crippen LogP contribution is 2.34. The third-order valence-corrected chi connectivity index (χ3v) is 6.79. The second-order valence-electron chi connectivity index (χ2n) is 8.93. The van der Waals surface area contributed by atoms with E-state index in [1.54, 1.807) is 6.07 Å². The summed E-state index contributed by atoms with van der Waals surface area (Å²) in [6, 6.07) is 13.1. The van der Waals surface area contributed by atoms with Crippen molar-refractivity contribution in [2.45, 2.75) is 44.7 Å². The second-order valence-corrected chi connectivity index (χ2v) is 8.93. The number of hydrogen-bond donors (Lipinski definition) is 2. The maximum Gasteiger partial charge on any atom is 0.317 e. The highest BCUT2D eigenvalue weighted by atomic mass is 16.4. The third kappa shape index (κ3) is 4.99. The Kier molecular flexibility index (Phi) is 6.91. The molecule has 4 rings (SSSR count). The van der Waals surface area contributed by atoms with Gasteiger partial charge in [0.2, 0.25) is 0 Å². The lowest BCUT2D eigenvalue weighted by atomic mass is 9.84. The molecule has 33 heavy (non-hydrogen) atoms. The molecular weight excluding hydrogens is 416 g/mol. The van der Waals surface area contributed by atoms with Crippen molar-refractivity contribution >= 4 is 18.0 Å². The maximum atomic E-state index is 13.1. The highest BCUT2D eigenvalue weighted by molar-refractivity contribution is 6.09. The van der Waals surface area contributed by atoms with Crippen LogP contribution in [0.3, 0.4) is 0 Å². The zero-order valence-corrected chi connectivity index (χ0v) is 19.2. The van der Waals surface area contributed by atoms with Gasteiger partial charge in [-0.15, -0.1) is 0 Å². The van der Waals surface area contributed by atoms with Crippen LogP contribution in [0, 0.1) is 0 Å². The Labute approximate surface area is 194 Å². The lowest BCUT2D eigenvalue weighted by Crippen LogP contribution is -2.57. The van der Waals surface area contributed by atoms with Crippen molar-refractivity contribution in [3.05, 3.63) is 70.3 Å². The molecule has 7 heteroatoms. The highest BCUT2D eigenvalue weighted by Gasteiger charge is 2.38. The summed E-state index contributed by atoms with van der Waals surface area (Å²) in [7, 11) is 0. The summed E-state index contributed by atoms with van der Waals surface area (Å²) in [6.07, 6.45) is 6.75. The van der Waals surface area contributed by atoms with Gasteiger partial charge in [-0.05, 0) is 54.9 Å². The van der Waals surface area contributed by atoms with Crippen molar-refractivity contribution in [1.29, 1.82) is 0 Å². The fourth-order valence-electron chi connectivity index (χ4n) is 4.82. The number of rotatable bonds is 7. The SMILES string of the molecule is CCC1(N)c2ccc(C(=O)c3ccc(C=NN4CCCCC4)cc3)cc2CCN1CC(=O)O. The van der Waals surface area contributed by atoms with E-state index in [4.69, 9.17) is 5.73 Å². The summed E-state index contributed by atoms with van der Waals surface area (Å²) in [6.45, 7) is 4.41. The van der Waals surface area contributed by atoms with Crippen molar-refractivity contribution in [2.24, 2.45) is 10.8 Å². The summed E-state index contributed by atoms with van der Waals surface area (Å²) < 4.78 is 0. The number of benzene rings is 2. The monoisotopic (exact) mass is 448 g/mol. The summed E-state index contributed by atoms with van der Waals surface area (Å²) in [4.78, 5) is 26.2. The molecule has 174 valence electrons. The molecule has 1 fully saturated rings. The van der Waals surface area contributed by atoms with E-state index in [0.717, 1.165) is 29.8 Å². The van der Waals surface area contributed by atoms with E-state index < -0.39 is 11.6 Å². The van der Waals surface area contributed by atoms with Gasteiger partial charge in [0.25, 0.3) is 0 Å². The summed E-state index contributed by atoms with van der Waals surface area (Å²) in [5.41, 5.74) is 9.94. The number of piperidine rings is 1. The number of hydrazone groups is 1.